The largest absolute Gasteiger partial charge is 0.481 e. The van der Waals surface area contributed by atoms with E-state index < -0.39 is 17.8 Å². The monoisotopic (exact) mass is 297 g/mol. The molecule has 1 fully saturated rings. The van der Waals surface area contributed by atoms with Crippen LogP contribution in [-0.4, -0.2) is 27.0 Å². The molecule has 1 aliphatic rings. The third-order valence-corrected chi connectivity index (χ3v) is 3.98. The lowest BCUT2D eigenvalue weighted by molar-refractivity contribution is -0.145. The second-order valence-corrected chi connectivity index (χ2v) is 5.40. The molecule has 1 aromatic heterocycles. The summed E-state index contributed by atoms with van der Waals surface area (Å²) in [6.07, 6.45) is 3.27. The maximum absolute atomic E-state index is 12.2. The van der Waals surface area contributed by atoms with Crippen LogP contribution in [0.3, 0.4) is 0 Å². The van der Waals surface area contributed by atoms with E-state index in [1.54, 1.807) is 0 Å². The predicted molar refractivity (Wildman–Crippen MR) is 73.3 cm³/mol. The second-order valence-electron chi connectivity index (χ2n) is 5.01. The van der Waals surface area contributed by atoms with Gasteiger partial charge in [0.15, 0.2) is 0 Å². The second kappa shape index (κ2) is 6.17. The van der Waals surface area contributed by atoms with Crippen LogP contribution in [0.2, 0.25) is 5.15 Å². The average Bonchev–Trinajstić information content (AvgIpc) is 2.83. The fourth-order valence-electron chi connectivity index (χ4n) is 2.66. The number of rotatable bonds is 4. The van der Waals surface area contributed by atoms with Crippen LogP contribution in [0.1, 0.15) is 26.2 Å². The van der Waals surface area contributed by atoms with Gasteiger partial charge >= 0.3 is 5.97 Å². The SMILES string of the molecule is CCC1C[C@H](C(=O)Nc2cc(Cl)ncn2)[C@H](C(=O)O)C1. The van der Waals surface area contributed by atoms with Crippen molar-refractivity contribution in [1.29, 1.82) is 0 Å². The van der Waals surface area contributed by atoms with Crippen LogP contribution in [0.25, 0.3) is 0 Å². The molecule has 0 aromatic carbocycles. The number of nitrogens with one attached hydrogen (secondary N) is 1. The lowest BCUT2D eigenvalue weighted by atomic mass is 9.95. The lowest BCUT2D eigenvalue weighted by Gasteiger charge is -2.15. The van der Waals surface area contributed by atoms with Crippen molar-refractivity contribution < 1.29 is 14.7 Å². The standard InChI is InChI=1S/C13H16ClN3O3/c1-2-7-3-8(9(4-7)13(19)20)12(18)17-11-5-10(14)15-6-16-11/h5-9H,2-4H2,1H3,(H,19,20)(H,15,16,17,18)/t7?,8-,9+/m0/s1. The van der Waals surface area contributed by atoms with Gasteiger partial charge in [0.05, 0.1) is 11.8 Å². The van der Waals surface area contributed by atoms with Gasteiger partial charge in [0.2, 0.25) is 5.91 Å². The van der Waals surface area contributed by atoms with Gasteiger partial charge in [-0.2, -0.15) is 0 Å². The third kappa shape index (κ3) is 3.25. The van der Waals surface area contributed by atoms with Crippen LogP contribution >= 0.6 is 11.6 Å². The first-order valence-electron chi connectivity index (χ1n) is 6.52. The Bertz CT molecular complexity index is 523. The molecule has 6 nitrogen and oxygen atoms in total. The van der Waals surface area contributed by atoms with E-state index in [2.05, 4.69) is 15.3 Å². The number of amides is 1. The molecule has 0 bridgehead atoms. The van der Waals surface area contributed by atoms with E-state index in [9.17, 15) is 14.7 Å². The highest BCUT2D eigenvalue weighted by Gasteiger charge is 2.42. The van der Waals surface area contributed by atoms with E-state index >= 15 is 0 Å². The summed E-state index contributed by atoms with van der Waals surface area (Å²) in [5.41, 5.74) is 0. The Kier molecular flexibility index (Phi) is 4.54. The normalized spacial score (nSPS) is 25.4. The first-order chi connectivity index (χ1) is 9.51. The van der Waals surface area contributed by atoms with Crippen LogP contribution in [0.4, 0.5) is 5.82 Å². The Balaban J connectivity index is 2.09. The van der Waals surface area contributed by atoms with E-state index in [-0.39, 0.29) is 17.0 Å². The number of anilines is 1. The Morgan fingerprint density at radius 1 is 1.40 bits per heavy atom. The van der Waals surface area contributed by atoms with Crippen molar-refractivity contribution >= 4 is 29.3 Å². The Morgan fingerprint density at radius 2 is 2.10 bits per heavy atom. The minimum Gasteiger partial charge on any atom is -0.481 e. The van der Waals surface area contributed by atoms with E-state index in [4.69, 9.17) is 11.6 Å². The van der Waals surface area contributed by atoms with Crippen molar-refractivity contribution in [2.24, 2.45) is 17.8 Å². The molecular weight excluding hydrogens is 282 g/mol. The molecule has 1 unspecified atom stereocenters. The van der Waals surface area contributed by atoms with Gasteiger partial charge in [0.1, 0.15) is 17.3 Å². The number of hydrogen-bond donors (Lipinski definition) is 2. The lowest BCUT2D eigenvalue weighted by Crippen LogP contribution is -2.30. The first kappa shape index (κ1) is 14.7. The van der Waals surface area contributed by atoms with E-state index in [0.717, 1.165) is 6.42 Å². The third-order valence-electron chi connectivity index (χ3n) is 3.78. The van der Waals surface area contributed by atoms with Crippen LogP contribution in [0.5, 0.6) is 0 Å². The molecule has 20 heavy (non-hydrogen) atoms. The minimum absolute atomic E-state index is 0.225. The number of carboxylic acid groups (broad SMARTS) is 1. The molecule has 0 aliphatic heterocycles. The Hall–Kier alpha value is -1.69. The number of carbonyl (C=O) groups excluding carboxylic acids is 1. The first-order valence-corrected chi connectivity index (χ1v) is 6.90. The van der Waals surface area contributed by atoms with Crippen molar-refractivity contribution in [3.05, 3.63) is 17.5 Å². The average molecular weight is 298 g/mol. The zero-order chi connectivity index (χ0) is 14.7. The highest BCUT2D eigenvalue weighted by molar-refractivity contribution is 6.29. The highest BCUT2D eigenvalue weighted by Crippen LogP contribution is 2.38. The fraction of sp³-hybridized carbons (Fsp3) is 0.538. The van der Waals surface area contributed by atoms with Gasteiger partial charge in [-0.05, 0) is 18.8 Å². The summed E-state index contributed by atoms with van der Waals surface area (Å²) in [7, 11) is 0. The molecule has 0 radical (unpaired) electrons. The summed E-state index contributed by atoms with van der Waals surface area (Å²) in [4.78, 5) is 31.1. The summed E-state index contributed by atoms with van der Waals surface area (Å²) < 4.78 is 0. The number of aliphatic carboxylic acids is 1. The highest BCUT2D eigenvalue weighted by atomic mass is 35.5. The van der Waals surface area contributed by atoms with Gasteiger partial charge < -0.3 is 10.4 Å². The number of carbonyl (C=O) groups is 2. The fourth-order valence-corrected chi connectivity index (χ4v) is 2.81. The van der Waals surface area contributed by atoms with Crippen LogP contribution in [0.15, 0.2) is 12.4 Å². The number of carboxylic acids is 1. The maximum Gasteiger partial charge on any atom is 0.307 e. The number of nitrogens with zero attached hydrogens (tertiary/aromatic N) is 2. The van der Waals surface area contributed by atoms with Crippen molar-refractivity contribution in [1.82, 2.24) is 9.97 Å². The molecule has 2 N–H and O–H groups in total. The van der Waals surface area contributed by atoms with Crippen molar-refractivity contribution in [2.45, 2.75) is 26.2 Å². The maximum atomic E-state index is 12.2. The van der Waals surface area contributed by atoms with Gasteiger partial charge in [-0.3, -0.25) is 9.59 Å². The van der Waals surface area contributed by atoms with Crippen molar-refractivity contribution in [3.8, 4) is 0 Å². The molecule has 7 heteroatoms. The van der Waals surface area contributed by atoms with Gasteiger partial charge in [0, 0.05) is 6.07 Å². The number of hydrogen-bond acceptors (Lipinski definition) is 4. The molecule has 1 heterocycles. The summed E-state index contributed by atoms with van der Waals surface area (Å²) >= 11 is 5.72. The molecule has 108 valence electrons. The van der Waals surface area contributed by atoms with Gasteiger partial charge in [-0.1, -0.05) is 24.9 Å². The van der Waals surface area contributed by atoms with Gasteiger partial charge in [-0.25, -0.2) is 9.97 Å². The predicted octanol–water partition coefficient (Wildman–Crippen LogP) is 2.21. The minimum atomic E-state index is -0.915. The van der Waals surface area contributed by atoms with Crippen molar-refractivity contribution in [3.63, 3.8) is 0 Å². The summed E-state index contributed by atoms with van der Waals surface area (Å²) in [5, 5.41) is 12.1. The van der Waals surface area contributed by atoms with E-state index in [0.29, 0.717) is 18.7 Å². The van der Waals surface area contributed by atoms with Crippen LogP contribution in [0, 0.1) is 17.8 Å². The summed E-state index contributed by atoms with van der Waals surface area (Å²) in [6, 6.07) is 1.43. The number of aromatic nitrogens is 2. The van der Waals surface area contributed by atoms with Gasteiger partial charge in [0.25, 0.3) is 0 Å². The smallest absolute Gasteiger partial charge is 0.307 e. The van der Waals surface area contributed by atoms with Crippen LogP contribution < -0.4 is 5.32 Å². The summed E-state index contributed by atoms with van der Waals surface area (Å²) in [5.74, 6) is -1.81. The number of halogens is 1. The molecule has 2 rings (SSSR count). The zero-order valence-electron chi connectivity index (χ0n) is 11.0. The molecular formula is C13H16ClN3O3. The molecule has 1 amide bonds. The molecule has 0 spiro atoms. The Morgan fingerprint density at radius 3 is 2.70 bits per heavy atom. The van der Waals surface area contributed by atoms with E-state index in [1.807, 2.05) is 6.92 Å². The molecule has 1 aliphatic carbocycles. The van der Waals surface area contributed by atoms with Crippen LogP contribution in [-0.2, 0) is 9.59 Å². The van der Waals surface area contributed by atoms with Crippen molar-refractivity contribution in [2.75, 3.05) is 5.32 Å². The quantitative estimate of drug-likeness (QED) is 0.831. The Labute approximate surface area is 121 Å². The molecule has 1 aromatic rings. The topological polar surface area (TPSA) is 92.2 Å². The molecule has 3 atom stereocenters. The van der Waals surface area contributed by atoms with Gasteiger partial charge in [-0.15, -0.1) is 0 Å². The zero-order valence-corrected chi connectivity index (χ0v) is 11.8. The molecule has 1 saturated carbocycles. The molecule has 0 saturated heterocycles. The van der Waals surface area contributed by atoms with E-state index in [1.165, 1.54) is 12.4 Å². The summed E-state index contributed by atoms with van der Waals surface area (Å²) in [6.45, 7) is 2.01.